The zero-order valence-corrected chi connectivity index (χ0v) is 22.1. The Morgan fingerprint density at radius 3 is 2.50 bits per heavy atom. The van der Waals surface area contributed by atoms with Gasteiger partial charge in [0.15, 0.2) is 6.29 Å². The predicted octanol–water partition coefficient (Wildman–Crippen LogP) is 4.45. The fourth-order valence-corrected chi connectivity index (χ4v) is 6.26. The van der Waals surface area contributed by atoms with Crippen LogP contribution in [0.1, 0.15) is 29.3 Å². The second-order valence-electron chi connectivity index (χ2n) is 10.2. The predicted molar refractivity (Wildman–Crippen MR) is 150 cm³/mol. The third kappa shape index (κ3) is 3.99. The third-order valence-electron chi connectivity index (χ3n) is 8.16. The normalized spacial score (nSPS) is 23.0. The number of anilines is 2. The Balaban J connectivity index is 1.43. The standard InChI is InChI=1S/C31H28FN5O3/c1-21-28-12-13-36(25-8-6-22(7-9-25)27-5-3-2-4-23(27)20-38)30(39)31(28,35-14-16-40-17-15-35)37(34-21)26-10-11-29(32)24(18-26)19-33/h2-11,18,20,28H,12-17H2,1H3/t28-,31?/m0/s1. The summed E-state index contributed by atoms with van der Waals surface area (Å²) in [6, 6.07) is 21.2. The molecule has 3 aromatic rings. The van der Waals surface area contributed by atoms with Crippen molar-refractivity contribution in [3.63, 3.8) is 0 Å². The first kappa shape index (κ1) is 25.9. The first-order valence-corrected chi connectivity index (χ1v) is 13.3. The molecular formula is C31H28FN5O3. The summed E-state index contributed by atoms with van der Waals surface area (Å²) in [6.07, 6.45) is 1.52. The van der Waals surface area contributed by atoms with Gasteiger partial charge in [-0.15, -0.1) is 0 Å². The smallest absolute Gasteiger partial charge is 0.270 e. The van der Waals surface area contributed by atoms with Gasteiger partial charge < -0.3 is 9.64 Å². The number of hydrazone groups is 1. The van der Waals surface area contributed by atoms with E-state index in [0.717, 1.165) is 28.8 Å². The Bertz CT molecular complexity index is 1540. The van der Waals surface area contributed by atoms with Crippen LogP contribution in [0.5, 0.6) is 0 Å². The largest absolute Gasteiger partial charge is 0.379 e. The van der Waals surface area contributed by atoms with Crippen LogP contribution in [0, 0.1) is 23.1 Å². The second kappa shape index (κ2) is 10.3. The van der Waals surface area contributed by atoms with Crippen LogP contribution in [0.2, 0.25) is 0 Å². The number of halogens is 1. The lowest BCUT2D eigenvalue weighted by molar-refractivity contribution is -0.139. The minimum Gasteiger partial charge on any atom is -0.379 e. The van der Waals surface area contributed by atoms with Crippen LogP contribution in [0.15, 0.2) is 71.8 Å². The Hall–Kier alpha value is -4.39. The molecule has 202 valence electrons. The monoisotopic (exact) mass is 537 g/mol. The van der Waals surface area contributed by atoms with Crippen LogP contribution in [0.25, 0.3) is 11.1 Å². The third-order valence-corrected chi connectivity index (χ3v) is 8.16. The summed E-state index contributed by atoms with van der Waals surface area (Å²) < 4.78 is 19.9. The van der Waals surface area contributed by atoms with Gasteiger partial charge in [0.05, 0.1) is 24.5 Å². The zero-order valence-electron chi connectivity index (χ0n) is 22.1. The van der Waals surface area contributed by atoms with Crippen molar-refractivity contribution in [2.24, 2.45) is 11.0 Å². The topological polar surface area (TPSA) is 89.2 Å². The van der Waals surface area contributed by atoms with E-state index in [1.54, 1.807) is 22.0 Å². The van der Waals surface area contributed by atoms with Crippen molar-refractivity contribution in [3.8, 4) is 17.2 Å². The molecular weight excluding hydrogens is 509 g/mol. The molecule has 0 spiro atoms. The van der Waals surface area contributed by atoms with Gasteiger partial charge in [-0.05, 0) is 54.8 Å². The van der Waals surface area contributed by atoms with Crippen molar-refractivity contribution in [2.45, 2.75) is 19.0 Å². The SMILES string of the molecule is CC1=NN(c2ccc(F)c(C#N)c2)C2(N3CCOCC3)C(=O)N(c3ccc(-c4ccccc4C=O)cc3)CC[C@@H]12. The molecule has 3 heterocycles. The minimum absolute atomic E-state index is 0.0998. The van der Waals surface area contributed by atoms with Gasteiger partial charge >= 0.3 is 0 Å². The number of amides is 1. The van der Waals surface area contributed by atoms with Crippen molar-refractivity contribution in [2.75, 3.05) is 42.8 Å². The lowest BCUT2D eigenvalue weighted by Gasteiger charge is -2.53. The number of ether oxygens (including phenoxy) is 1. The van der Waals surface area contributed by atoms with E-state index in [2.05, 4.69) is 4.90 Å². The van der Waals surface area contributed by atoms with E-state index in [9.17, 15) is 19.2 Å². The number of benzene rings is 3. The Morgan fingerprint density at radius 1 is 1.05 bits per heavy atom. The highest BCUT2D eigenvalue weighted by Crippen LogP contribution is 2.46. The summed E-state index contributed by atoms with van der Waals surface area (Å²) in [6.45, 7) is 4.45. The zero-order chi connectivity index (χ0) is 27.9. The summed E-state index contributed by atoms with van der Waals surface area (Å²) >= 11 is 0. The Morgan fingerprint density at radius 2 is 1.77 bits per heavy atom. The molecule has 40 heavy (non-hydrogen) atoms. The van der Waals surface area contributed by atoms with Crippen molar-refractivity contribution in [3.05, 3.63) is 83.7 Å². The second-order valence-corrected chi connectivity index (χ2v) is 10.2. The first-order chi connectivity index (χ1) is 19.5. The summed E-state index contributed by atoms with van der Waals surface area (Å²) in [5.41, 5.74) is 3.08. The molecule has 1 unspecified atom stereocenters. The molecule has 2 fully saturated rings. The average molecular weight is 538 g/mol. The summed E-state index contributed by atoms with van der Waals surface area (Å²) in [5, 5.41) is 16.1. The highest BCUT2D eigenvalue weighted by atomic mass is 19.1. The molecule has 3 aromatic carbocycles. The van der Waals surface area contributed by atoms with Gasteiger partial charge in [0.25, 0.3) is 5.91 Å². The van der Waals surface area contributed by atoms with Gasteiger partial charge in [-0.25, -0.2) is 9.40 Å². The van der Waals surface area contributed by atoms with Crippen molar-refractivity contribution >= 4 is 29.3 Å². The molecule has 0 aliphatic carbocycles. The molecule has 6 rings (SSSR count). The van der Waals surface area contributed by atoms with E-state index in [1.165, 1.54) is 12.1 Å². The number of hydrogen-bond acceptors (Lipinski definition) is 7. The molecule has 3 aliphatic heterocycles. The van der Waals surface area contributed by atoms with E-state index in [-0.39, 0.29) is 17.4 Å². The number of carbonyl (C=O) groups excluding carboxylic acids is 2. The van der Waals surface area contributed by atoms with Crippen molar-refractivity contribution in [1.29, 1.82) is 5.26 Å². The number of nitriles is 1. The number of carbonyl (C=O) groups is 2. The first-order valence-electron chi connectivity index (χ1n) is 13.3. The highest BCUT2D eigenvalue weighted by molar-refractivity contribution is 6.09. The van der Waals surface area contributed by atoms with Crippen LogP contribution < -0.4 is 9.91 Å². The summed E-state index contributed by atoms with van der Waals surface area (Å²) in [7, 11) is 0. The van der Waals surface area contributed by atoms with Gasteiger partial charge in [-0.2, -0.15) is 10.4 Å². The van der Waals surface area contributed by atoms with Gasteiger partial charge in [0.1, 0.15) is 11.9 Å². The Kier molecular flexibility index (Phi) is 6.66. The van der Waals surface area contributed by atoms with E-state index < -0.39 is 11.5 Å². The van der Waals surface area contributed by atoms with Gasteiger partial charge in [0, 0.05) is 42.5 Å². The molecule has 0 aromatic heterocycles. The van der Waals surface area contributed by atoms with Crippen molar-refractivity contribution in [1.82, 2.24) is 4.90 Å². The molecule has 0 N–H and O–H groups in total. The van der Waals surface area contributed by atoms with E-state index in [1.807, 2.05) is 55.5 Å². The number of fused-ring (bicyclic) bond motifs is 1. The lowest BCUT2D eigenvalue weighted by atomic mass is 9.80. The maximum Gasteiger partial charge on any atom is 0.270 e. The lowest BCUT2D eigenvalue weighted by Crippen LogP contribution is -2.74. The molecule has 8 nitrogen and oxygen atoms in total. The maximum atomic E-state index is 14.8. The fraction of sp³-hybridized carbons (Fsp3) is 0.290. The van der Waals surface area contributed by atoms with Crippen molar-refractivity contribution < 1.29 is 18.7 Å². The fourth-order valence-electron chi connectivity index (χ4n) is 6.26. The van der Waals surface area contributed by atoms with Gasteiger partial charge in [-0.3, -0.25) is 14.5 Å². The van der Waals surface area contributed by atoms with Crippen LogP contribution in [-0.2, 0) is 9.53 Å². The highest BCUT2D eigenvalue weighted by Gasteiger charge is 2.63. The quantitative estimate of drug-likeness (QED) is 0.447. The maximum absolute atomic E-state index is 14.8. The van der Waals surface area contributed by atoms with Crippen LogP contribution in [-0.4, -0.2) is 61.3 Å². The van der Waals surface area contributed by atoms with Gasteiger partial charge in [-0.1, -0.05) is 36.4 Å². The van der Waals surface area contributed by atoms with Crippen LogP contribution in [0.4, 0.5) is 15.8 Å². The van der Waals surface area contributed by atoms with Crippen LogP contribution in [0.3, 0.4) is 0 Å². The molecule has 0 bridgehead atoms. The molecule has 1 amide bonds. The summed E-state index contributed by atoms with van der Waals surface area (Å²) in [5.74, 6) is -0.935. The van der Waals surface area contributed by atoms with E-state index in [0.29, 0.717) is 50.5 Å². The van der Waals surface area contributed by atoms with E-state index >= 15 is 0 Å². The molecule has 0 saturated carbocycles. The average Bonchev–Trinajstić information content (AvgIpc) is 3.32. The molecule has 2 saturated heterocycles. The number of aldehydes is 1. The molecule has 0 radical (unpaired) electrons. The number of morpholine rings is 1. The molecule has 9 heteroatoms. The number of hydrogen-bond donors (Lipinski definition) is 0. The van der Waals surface area contributed by atoms with Gasteiger partial charge in [0.2, 0.25) is 5.66 Å². The number of rotatable bonds is 5. The minimum atomic E-state index is -1.18. The molecule has 2 atom stereocenters. The number of nitrogens with zero attached hydrogens (tertiary/aromatic N) is 5. The summed E-state index contributed by atoms with van der Waals surface area (Å²) in [4.78, 5) is 30.3. The van der Waals surface area contributed by atoms with E-state index in [4.69, 9.17) is 9.84 Å². The molecule has 3 aliphatic rings. The number of piperidine rings is 1. The van der Waals surface area contributed by atoms with Crippen LogP contribution >= 0.6 is 0 Å². The Labute approximate surface area is 231 Å².